The van der Waals surface area contributed by atoms with Crippen molar-refractivity contribution in [3.63, 3.8) is 0 Å². The van der Waals surface area contributed by atoms with Crippen LogP contribution in [0, 0.1) is 5.92 Å². The first-order valence-corrected chi connectivity index (χ1v) is 12.5. The number of hydrogen-bond acceptors (Lipinski definition) is 7. The van der Waals surface area contributed by atoms with Crippen molar-refractivity contribution < 1.29 is 24.3 Å². The summed E-state index contributed by atoms with van der Waals surface area (Å²) in [5, 5.41) is 20.6. The van der Waals surface area contributed by atoms with E-state index in [0.717, 1.165) is 13.0 Å². The highest BCUT2D eigenvalue weighted by Gasteiger charge is 2.33. The molecule has 0 aliphatic carbocycles. The normalized spacial score (nSPS) is 18.4. The van der Waals surface area contributed by atoms with Crippen molar-refractivity contribution >= 4 is 35.5 Å². The number of carbonyl (C=O) groups is 4. The van der Waals surface area contributed by atoms with E-state index in [1.54, 1.807) is 13.8 Å². The molecule has 0 aromatic carbocycles. The summed E-state index contributed by atoms with van der Waals surface area (Å²) in [5.41, 5.74) is 0.603. The lowest BCUT2D eigenvalue weighted by atomic mass is 10.0. The highest BCUT2D eigenvalue weighted by Crippen LogP contribution is 2.09. The number of carbonyl (C=O) groups excluding carboxylic acids is 3. The van der Waals surface area contributed by atoms with Crippen molar-refractivity contribution in [1.29, 1.82) is 0 Å². The Hall–Kier alpha value is -2.60. The fourth-order valence-corrected chi connectivity index (χ4v) is 4.02. The molecule has 1 aromatic rings. The first-order valence-electron chi connectivity index (χ1n) is 11.1. The van der Waals surface area contributed by atoms with Crippen LogP contribution in [-0.4, -0.2) is 81.5 Å². The van der Waals surface area contributed by atoms with Crippen molar-refractivity contribution in [3.8, 4) is 0 Å². The van der Waals surface area contributed by atoms with E-state index < -0.39 is 35.9 Å². The van der Waals surface area contributed by atoms with Crippen LogP contribution in [-0.2, 0) is 25.6 Å². The lowest BCUT2D eigenvalue weighted by Crippen LogP contribution is -2.58. The van der Waals surface area contributed by atoms with Crippen LogP contribution in [0.25, 0.3) is 0 Å². The summed E-state index contributed by atoms with van der Waals surface area (Å²) in [4.78, 5) is 57.0. The number of H-pyrrole nitrogens is 1. The lowest BCUT2D eigenvalue weighted by molar-refractivity contribution is -0.142. The molecule has 11 nitrogen and oxygen atoms in total. The predicted octanol–water partition coefficient (Wildman–Crippen LogP) is -0.348. The molecule has 4 atom stereocenters. The minimum atomic E-state index is -1.14. The number of aromatic amines is 1. The average Bonchev–Trinajstić information content (AvgIpc) is 3.47. The van der Waals surface area contributed by atoms with Gasteiger partial charge in [-0.05, 0) is 43.7 Å². The number of aromatic nitrogens is 2. The van der Waals surface area contributed by atoms with Gasteiger partial charge in [0.15, 0.2) is 0 Å². The Morgan fingerprint density at radius 1 is 1.18 bits per heavy atom. The molecule has 12 heteroatoms. The van der Waals surface area contributed by atoms with Gasteiger partial charge >= 0.3 is 5.97 Å². The third kappa shape index (κ3) is 8.35. The molecule has 2 rings (SSSR count). The van der Waals surface area contributed by atoms with E-state index in [4.69, 9.17) is 0 Å². The molecule has 4 unspecified atom stereocenters. The van der Waals surface area contributed by atoms with Crippen molar-refractivity contribution in [2.75, 3.05) is 18.6 Å². The summed E-state index contributed by atoms with van der Waals surface area (Å²) in [5.74, 6) is -2.17. The van der Waals surface area contributed by atoms with Crippen LogP contribution in [0.4, 0.5) is 0 Å². The van der Waals surface area contributed by atoms with E-state index in [2.05, 4.69) is 31.2 Å². The maximum Gasteiger partial charge on any atom is 0.326 e. The fourth-order valence-electron chi connectivity index (χ4n) is 3.55. The number of hydrogen-bond donors (Lipinski definition) is 6. The number of imidazole rings is 1. The van der Waals surface area contributed by atoms with E-state index >= 15 is 0 Å². The average molecular weight is 483 g/mol. The number of carboxylic acids is 1. The van der Waals surface area contributed by atoms with Crippen molar-refractivity contribution in [2.45, 2.75) is 63.7 Å². The summed E-state index contributed by atoms with van der Waals surface area (Å²) in [6, 6.07) is -3.29. The second kappa shape index (κ2) is 13.2. The second-order valence-corrected chi connectivity index (χ2v) is 9.39. The van der Waals surface area contributed by atoms with Gasteiger partial charge in [-0.3, -0.25) is 14.4 Å². The van der Waals surface area contributed by atoms with Gasteiger partial charge in [0.05, 0.1) is 12.4 Å². The van der Waals surface area contributed by atoms with Crippen LogP contribution in [0.5, 0.6) is 0 Å². The third-order valence-corrected chi connectivity index (χ3v) is 6.10. The molecule has 2 heterocycles. The first-order chi connectivity index (χ1) is 15.7. The topological polar surface area (TPSA) is 165 Å². The van der Waals surface area contributed by atoms with Crippen molar-refractivity contribution in [1.82, 2.24) is 31.2 Å². The molecule has 3 amide bonds. The van der Waals surface area contributed by atoms with Crippen molar-refractivity contribution in [3.05, 3.63) is 18.2 Å². The molecule has 1 aliphatic heterocycles. The van der Waals surface area contributed by atoms with Crippen molar-refractivity contribution in [2.24, 2.45) is 5.92 Å². The zero-order valence-corrected chi connectivity index (χ0v) is 20.0. The van der Waals surface area contributed by atoms with Gasteiger partial charge in [-0.1, -0.05) is 13.8 Å². The van der Waals surface area contributed by atoms with E-state index in [0.29, 0.717) is 17.9 Å². The smallest absolute Gasteiger partial charge is 0.326 e. The standard InChI is InChI=1S/C21H34N6O5S/c1-12(2)17(27-18(28)14-5-4-7-23-14)20(30)26-16(9-13-10-22-11-24-13)19(29)25-15(21(31)32)6-8-33-3/h10-12,14-17,23H,4-9H2,1-3H3,(H,22,24)(H,25,29)(H,26,30)(H,27,28)(H,31,32). The van der Waals surface area contributed by atoms with Crippen LogP contribution in [0.1, 0.15) is 38.8 Å². The van der Waals surface area contributed by atoms with Gasteiger partial charge < -0.3 is 31.4 Å². The van der Waals surface area contributed by atoms with Crippen LogP contribution in [0.15, 0.2) is 12.5 Å². The molecule has 0 radical (unpaired) electrons. The Balaban J connectivity index is 2.12. The zero-order valence-electron chi connectivity index (χ0n) is 19.2. The fraction of sp³-hybridized carbons (Fsp3) is 0.667. The number of rotatable bonds is 13. The number of nitrogens with zero attached hydrogens (tertiary/aromatic N) is 1. The Bertz CT molecular complexity index is 797. The minimum absolute atomic E-state index is 0.0926. The van der Waals surface area contributed by atoms with Gasteiger partial charge in [-0.2, -0.15) is 11.8 Å². The molecule has 0 spiro atoms. The Kier molecular flexibility index (Phi) is 10.7. The molecule has 1 saturated heterocycles. The molecule has 0 bridgehead atoms. The Morgan fingerprint density at radius 3 is 2.45 bits per heavy atom. The SMILES string of the molecule is CSCCC(NC(=O)C(Cc1cnc[nH]1)NC(=O)C(NC(=O)C1CCCN1)C(C)C)C(=O)O. The first kappa shape index (κ1) is 26.7. The predicted molar refractivity (Wildman–Crippen MR) is 125 cm³/mol. The Morgan fingerprint density at radius 2 is 1.91 bits per heavy atom. The molecule has 184 valence electrons. The number of thioether (sulfide) groups is 1. The van der Waals surface area contributed by atoms with Gasteiger partial charge in [0, 0.05) is 18.3 Å². The van der Waals surface area contributed by atoms with Gasteiger partial charge in [0.2, 0.25) is 17.7 Å². The highest BCUT2D eigenvalue weighted by atomic mass is 32.2. The number of aliphatic carboxylic acids is 1. The quantitative estimate of drug-likeness (QED) is 0.222. The van der Waals surface area contributed by atoms with E-state index in [1.807, 2.05) is 6.26 Å². The monoisotopic (exact) mass is 482 g/mol. The number of amides is 3. The van der Waals surface area contributed by atoms with Gasteiger partial charge in [0.25, 0.3) is 0 Å². The van der Waals surface area contributed by atoms with E-state index in [-0.39, 0.29) is 30.7 Å². The van der Waals surface area contributed by atoms with Gasteiger partial charge in [-0.25, -0.2) is 9.78 Å². The highest BCUT2D eigenvalue weighted by molar-refractivity contribution is 7.98. The maximum absolute atomic E-state index is 13.1. The summed E-state index contributed by atoms with van der Waals surface area (Å²) in [6.07, 6.45) is 6.78. The molecule has 1 fully saturated rings. The molecule has 33 heavy (non-hydrogen) atoms. The van der Waals surface area contributed by atoms with Gasteiger partial charge in [0.1, 0.15) is 18.1 Å². The molecule has 6 N–H and O–H groups in total. The maximum atomic E-state index is 13.1. The van der Waals surface area contributed by atoms with Gasteiger partial charge in [-0.15, -0.1) is 0 Å². The van der Waals surface area contributed by atoms with E-state index in [9.17, 15) is 24.3 Å². The molecule has 0 saturated carbocycles. The number of nitrogens with one attached hydrogen (secondary N) is 5. The molecular formula is C21H34N6O5S. The third-order valence-electron chi connectivity index (χ3n) is 5.46. The summed E-state index contributed by atoms with van der Waals surface area (Å²) in [6.45, 7) is 4.36. The van der Waals surface area contributed by atoms with Crippen LogP contribution in [0.2, 0.25) is 0 Å². The molecule has 1 aromatic heterocycles. The summed E-state index contributed by atoms with van der Waals surface area (Å²) < 4.78 is 0. The van der Waals surface area contributed by atoms with Crippen LogP contribution >= 0.6 is 11.8 Å². The molecule has 1 aliphatic rings. The summed E-state index contributed by atoms with van der Waals surface area (Å²) in [7, 11) is 0. The molecular weight excluding hydrogens is 448 g/mol. The summed E-state index contributed by atoms with van der Waals surface area (Å²) >= 11 is 1.48. The minimum Gasteiger partial charge on any atom is -0.480 e. The second-order valence-electron chi connectivity index (χ2n) is 8.40. The Labute approximate surface area is 197 Å². The van der Waals surface area contributed by atoms with Crippen LogP contribution < -0.4 is 21.3 Å². The number of carboxylic acid groups (broad SMARTS) is 1. The lowest BCUT2D eigenvalue weighted by Gasteiger charge is -2.27. The van der Waals surface area contributed by atoms with Crippen LogP contribution in [0.3, 0.4) is 0 Å². The zero-order chi connectivity index (χ0) is 24.4. The van der Waals surface area contributed by atoms with E-state index in [1.165, 1.54) is 24.3 Å². The largest absolute Gasteiger partial charge is 0.480 e.